The summed E-state index contributed by atoms with van der Waals surface area (Å²) in [5.74, 6) is 0.319. The molecule has 4 aromatic rings. The third-order valence-corrected chi connectivity index (χ3v) is 6.22. The maximum atomic E-state index is 13.5. The number of benzene rings is 2. The summed E-state index contributed by atoms with van der Waals surface area (Å²) in [5, 5.41) is 4.49. The Balaban J connectivity index is 1.37. The maximum Gasteiger partial charge on any atom is 0.316 e. The van der Waals surface area contributed by atoms with Crippen molar-refractivity contribution in [3.63, 3.8) is 0 Å². The Labute approximate surface area is 205 Å². The van der Waals surface area contributed by atoms with Gasteiger partial charge >= 0.3 is 5.56 Å². The zero-order valence-corrected chi connectivity index (χ0v) is 19.9. The van der Waals surface area contributed by atoms with Crippen LogP contribution in [0.25, 0.3) is 5.69 Å². The molecular weight excluding hydrogens is 438 g/mol. The molecule has 0 aliphatic carbocycles. The van der Waals surface area contributed by atoms with Gasteiger partial charge in [0.15, 0.2) is 0 Å². The number of para-hydroxylation sites is 1. The monoisotopic (exact) mass is 467 g/mol. The zero-order chi connectivity index (χ0) is 24.0. The van der Waals surface area contributed by atoms with Crippen molar-refractivity contribution in [2.24, 2.45) is 0 Å². The molecule has 0 amide bonds. The average molecular weight is 468 g/mol. The van der Waals surface area contributed by atoms with Gasteiger partial charge in [-0.2, -0.15) is 9.78 Å². The van der Waals surface area contributed by atoms with E-state index in [0.29, 0.717) is 11.4 Å². The lowest BCUT2D eigenvalue weighted by atomic mass is 10.1. The summed E-state index contributed by atoms with van der Waals surface area (Å²) in [6.45, 7) is 6.71. The highest BCUT2D eigenvalue weighted by molar-refractivity contribution is 5.57. The van der Waals surface area contributed by atoms with Crippen LogP contribution in [0, 0.1) is 6.92 Å². The number of ether oxygens (including phenoxy) is 1. The Hall–Kier alpha value is -3.97. The van der Waals surface area contributed by atoms with Crippen LogP contribution in [0.3, 0.4) is 0 Å². The fourth-order valence-corrected chi connectivity index (χ4v) is 4.40. The molecule has 1 fully saturated rings. The lowest BCUT2D eigenvalue weighted by Gasteiger charge is -2.36. The molecule has 0 atom stereocenters. The van der Waals surface area contributed by atoms with E-state index in [1.165, 1.54) is 15.8 Å². The van der Waals surface area contributed by atoms with E-state index in [-0.39, 0.29) is 12.2 Å². The molecule has 0 bridgehead atoms. The Kier molecular flexibility index (Phi) is 6.86. The predicted molar refractivity (Wildman–Crippen MR) is 137 cm³/mol. The summed E-state index contributed by atoms with van der Waals surface area (Å²) >= 11 is 0. The van der Waals surface area contributed by atoms with Gasteiger partial charge in [-0.3, -0.25) is 14.7 Å². The molecule has 7 heteroatoms. The van der Waals surface area contributed by atoms with Gasteiger partial charge in [-0.05, 0) is 30.7 Å². The van der Waals surface area contributed by atoms with Crippen LogP contribution < -0.4 is 15.2 Å². The number of piperazine rings is 1. The van der Waals surface area contributed by atoms with Gasteiger partial charge in [-0.25, -0.2) is 0 Å². The van der Waals surface area contributed by atoms with Crippen LogP contribution in [0.4, 0.5) is 5.69 Å². The minimum Gasteiger partial charge on any atom is -0.481 e. The fraction of sp³-hybridized carbons (Fsp3) is 0.250. The zero-order valence-electron chi connectivity index (χ0n) is 19.9. The van der Waals surface area contributed by atoms with E-state index >= 15 is 0 Å². The van der Waals surface area contributed by atoms with Gasteiger partial charge in [-0.1, -0.05) is 54.1 Å². The molecule has 0 N–H and O–H groups in total. The first kappa shape index (κ1) is 22.8. The number of hydrogen-bond acceptors (Lipinski definition) is 6. The highest BCUT2D eigenvalue weighted by Crippen LogP contribution is 2.26. The van der Waals surface area contributed by atoms with Crippen molar-refractivity contribution in [2.75, 3.05) is 31.1 Å². The van der Waals surface area contributed by atoms with Crippen LogP contribution in [0.1, 0.15) is 16.7 Å². The Bertz CT molecular complexity index is 1320. The number of nitrogens with zero attached hydrogens (tertiary/aromatic N) is 5. The fourth-order valence-electron chi connectivity index (χ4n) is 4.40. The summed E-state index contributed by atoms with van der Waals surface area (Å²) in [7, 11) is 0. The van der Waals surface area contributed by atoms with E-state index in [1.54, 1.807) is 18.6 Å². The van der Waals surface area contributed by atoms with Crippen LogP contribution in [-0.4, -0.2) is 45.8 Å². The standard InChI is InChI=1S/C28H29N5O2/c1-22-7-5-8-23(17-22)20-31-13-15-32(16-14-31)26-19-30-33(25-10-3-2-4-11-25)28(34)27(26)35-21-24-9-6-12-29-18-24/h2-12,17-19H,13-16,20-21H2,1H3. The van der Waals surface area contributed by atoms with Gasteiger partial charge in [0.25, 0.3) is 0 Å². The van der Waals surface area contributed by atoms with Gasteiger partial charge in [0.1, 0.15) is 12.3 Å². The number of anilines is 1. The first-order valence-electron chi connectivity index (χ1n) is 11.9. The van der Waals surface area contributed by atoms with Crippen molar-refractivity contribution < 1.29 is 4.74 Å². The molecule has 0 spiro atoms. The predicted octanol–water partition coefficient (Wildman–Crippen LogP) is 3.84. The summed E-state index contributed by atoms with van der Waals surface area (Å²) in [6.07, 6.45) is 5.23. The Morgan fingerprint density at radius 3 is 2.43 bits per heavy atom. The van der Waals surface area contributed by atoms with Crippen molar-refractivity contribution in [1.82, 2.24) is 19.7 Å². The lowest BCUT2D eigenvalue weighted by molar-refractivity contribution is 0.247. The third-order valence-electron chi connectivity index (χ3n) is 6.22. The Morgan fingerprint density at radius 2 is 1.69 bits per heavy atom. The molecule has 35 heavy (non-hydrogen) atoms. The average Bonchev–Trinajstić information content (AvgIpc) is 2.89. The Morgan fingerprint density at radius 1 is 0.886 bits per heavy atom. The van der Waals surface area contributed by atoms with Crippen molar-refractivity contribution in [1.29, 1.82) is 0 Å². The van der Waals surface area contributed by atoms with Crippen molar-refractivity contribution in [3.8, 4) is 11.4 Å². The number of rotatable bonds is 7. The maximum absolute atomic E-state index is 13.5. The van der Waals surface area contributed by atoms with Crippen LogP contribution >= 0.6 is 0 Å². The minimum absolute atomic E-state index is 0.264. The second-order valence-corrected chi connectivity index (χ2v) is 8.81. The molecule has 7 nitrogen and oxygen atoms in total. The van der Waals surface area contributed by atoms with Gasteiger partial charge in [0.2, 0.25) is 5.75 Å². The van der Waals surface area contributed by atoms with Crippen LogP contribution in [0.15, 0.2) is 90.1 Å². The lowest BCUT2D eigenvalue weighted by Crippen LogP contribution is -2.46. The van der Waals surface area contributed by atoms with Gasteiger partial charge in [-0.15, -0.1) is 0 Å². The van der Waals surface area contributed by atoms with Crippen LogP contribution in [0.5, 0.6) is 5.75 Å². The summed E-state index contributed by atoms with van der Waals surface area (Å²) in [4.78, 5) is 22.3. The van der Waals surface area contributed by atoms with Gasteiger partial charge < -0.3 is 9.64 Å². The van der Waals surface area contributed by atoms with Crippen LogP contribution in [-0.2, 0) is 13.2 Å². The molecule has 178 valence electrons. The highest BCUT2D eigenvalue weighted by Gasteiger charge is 2.23. The molecule has 0 radical (unpaired) electrons. The molecule has 2 aromatic heterocycles. The van der Waals surface area contributed by atoms with Gasteiger partial charge in [0, 0.05) is 50.7 Å². The third kappa shape index (κ3) is 5.41. The number of aryl methyl sites for hydroxylation is 1. The molecule has 2 aromatic carbocycles. The molecule has 1 aliphatic heterocycles. The first-order valence-corrected chi connectivity index (χ1v) is 11.9. The highest BCUT2D eigenvalue weighted by atomic mass is 16.5. The van der Waals surface area contributed by atoms with Crippen LogP contribution in [0.2, 0.25) is 0 Å². The van der Waals surface area contributed by atoms with E-state index < -0.39 is 0 Å². The number of hydrogen-bond donors (Lipinski definition) is 0. The molecular formula is C28H29N5O2. The largest absolute Gasteiger partial charge is 0.481 e. The topological polar surface area (TPSA) is 63.5 Å². The van der Waals surface area contributed by atoms with Gasteiger partial charge in [0.05, 0.1) is 11.9 Å². The first-order chi connectivity index (χ1) is 17.2. The SMILES string of the molecule is Cc1cccc(CN2CCN(c3cnn(-c4ccccc4)c(=O)c3OCc3cccnc3)CC2)c1. The molecule has 1 aliphatic rings. The summed E-state index contributed by atoms with van der Waals surface area (Å²) in [5.41, 5.74) is 4.69. The molecule has 1 saturated heterocycles. The van der Waals surface area contributed by atoms with Crippen molar-refractivity contribution >= 4 is 5.69 Å². The molecule has 0 unspecified atom stereocenters. The van der Waals surface area contributed by atoms with Crippen molar-refractivity contribution in [2.45, 2.75) is 20.1 Å². The van der Waals surface area contributed by atoms with E-state index in [9.17, 15) is 4.79 Å². The van der Waals surface area contributed by atoms with E-state index in [4.69, 9.17) is 4.74 Å². The smallest absolute Gasteiger partial charge is 0.316 e. The second kappa shape index (κ2) is 10.5. The number of aromatic nitrogens is 3. The van der Waals surface area contributed by atoms with E-state index in [2.05, 4.69) is 51.1 Å². The molecule has 5 rings (SSSR count). The second-order valence-electron chi connectivity index (χ2n) is 8.81. The van der Waals surface area contributed by atoms with Crippen molar-refractivity contribution in [3.05, 3.63) is 112 Å². The summed E-state index contributed by atoms with van der Waals surface area (Å²) < 4.78 is 7.54. The minimum atomic E-state index is -0.264. The normalized spacial score (nSPS) is 14.1. The quantitative estimate of drug-likeness (QED) is 0.412. The van der Waals surface area contributed by atoms with E-state index in [0.717, 1.165) is 44.0 Å². The molecule has 3 heterocycles. The summed E-state index contributed by atoms with van der Waals surface area (Å²) in [6, 6.07) is 21.9. The van der Waals surface area contributed by atoms with E-state index in [1.807, 2.05) is 42.5 Å². The number of pyridine rings is 1. The molecule has 0 saturated carbocycles.